The van der Waals surface area contributed by atoms with Crippen molar-refractivity contribution in [1.82, 2.24) is 0 Å². The number of fused-ring (bicyclic) bond motifs is 1. The lowest BCUT2D eigenvalue weighted by Gasteiger charge is -2.13. The lowest BCUT2D eigenvalue weighted by Crippen LogP contribution is -2.08. The summed E-state index contributed by atoms with van der Waals surface area (Å²) in [5.74, 6) is -0.278. The number of hydrogen-bond acceptors (Lipinski definition) is 4. The van der Waals surface area contributed by atoms with Gasteiger partial charge in [-0.1, -0.05) is 17.4 Å². The summed E-state index contributed by atoms with van der Waals surface area (Å²) in [5.41, 5.74) is 1.53. The summed E-state index contributed by atoms with van der Waals surface area (Å²) in [4.78, 5) is 21.7. The topological polar surface area (TPSA) is 67.5 Å². The van der Waals surface area contributed by atoms with Crippen molar-refractivity contribution in [1.29, 1.82) is 0 Å². The second-order valence-corrected chi connectivity index (χ2v) is 5.68. The molecule has 1 fully saturated rings. The predicted octanol–water partition coefficient (Wildman–Crippen LogP) is 2.82. The van der Waals surface area contributed by atoms with E-state index in [0.717, 1.165) is 34.4 Å². The lowest BCUT2D eigenvalue weighted by molar-refractivity contribution is -0.137. The van der Waals surface area contributed by atoms with Gasteiger partial charge in [-0.2, -0.15) is 0 Å². The van der Waals surface area contributed by atoms with E-state index < -0.39 is 5.97 Å². The molecule has 0 spiro atoms. The lowest BCUT2D eigenvalue weighted by atomic mass is 9.91. The summed E-state index contributed by atoms with van der Waals surface area (Å²) in [6, 6.07) is 5.58. The molecule has 5 heteroatoms. The van der Waals surface area contributed by atoms with Gasteiger partial charge in [-0.3, -0.25) is 4.79 Å². The predicted molar refractivity (Wildman–Crippen MR) is 68.1 cm³/mol. The van der Waals surface area contributed by atoms with Crippen LogP contribution < -0.4 is 4.94 Å². The van der Waals surface area contributed by atoms with Gasteiger partial charge in [-0.15, -0.1) is 0 Å². The number of benzene rings is 1. The first kappa shape index (κ1) is 11.5. The molecular weight excluding hydrogens is 252 g/mol. The third-order valence-electron chi connectivity index (χ3n) is 3.37. The average Bonchev–Trinajstić information content (AvgIpc) is 3.06. The number of aliphatic carboxylic acids is 1. The van der Waals surface area contributed by atoms with Crippen molar-refractivity contribution in [2.75, 3.05) is 0 Å². The minimum Gasteiger partial charge on any atom is -0.481 e. The van der Waals surface area contributed by atoms with E-state index in [2.05, 4.69) is 0 Å². The van der Waals surface area contributed by atoms with Crippen LogP contribution in [-0.2, 0) is 4.79 Å². The molecule has 0 amide bonds. The molecule has 1 unspecified atom stereocenters. The van der Waals surface area contributed by atoms with E-state index in [4.69, 9.17) is 9.52 Å². The van der Waals surface area contributed by atoms with Crippen molar-refractivity contribution in [2.24, 2.45) is 5.92 Å². The molecule has 1 saturated carbocycles. The van der Waals surface area contributed by atoms with Crippen LogP contribution in [0.3, 0.4) is 0 Å². The third-order valence-corrected chi connectivity index (χ3v) is 4.18. The van der Waals surface area contributed by atoms with Crippen molar-refractivity contribution in [3.8, 4) is 0 Å². The van der Waals surface area contributed by atoms with E-state index in [1.807, 2.05) is 18.2 Å². The van der Waals surface area contributed by atoms with Crippen LogP contribution in [0.5, 0.6) is 0 Å². The fourth-order valence-corrected chi connectivity index (χ4v) is 3.01. The molecule has 4 nitrogen and oxygen atoms in total. The molecule has 1 aromatic heterocycles. The van der Waals surface area contributed by atoms with Crippen LogP contribution in [0.25, 0.3) is 10.3 Å². The molecule has 3 rings (SSSR count). The van der Waals surface area contributed by atoms with Gasteiger partial charge in [-0.25, -0.2) is 4.79 Å². The zero-order valence-corrected chi connectivity index (χ0v) is 10.4. The van der Waals surface area contributed by atoms with Crippen LogP contribution in [0, 0.1) is 5.92 Å². The second-order valence-electron chi connectivity index (χ2n) is 4.70. The fraction of sp³-hybridized carbons (Fsp3) is 0.385. The smallest absolute Gasteiger partial charge is 0.396 e. The highest BCUT2D eigenvalue weighted by molar-refractivity contribution is 7.16. The monoisotopic (exact) mass is 264 g/mol. The van der Waals surface area contributed by atoms with Gasteiger partial charge >= 0.3 is 10.9 Å². The van der Waals surface area contributed by atoms with E-state index in [0.29, 0.717) is 11.5 Å². The Hall–Kier alpha value is -1.62. The SMILES string of the molecule is O=C(O)CC(c1ccc2sc(=O)oc2c1)C1CC1. The van der Waals surface area contributed by atoms with Crippen LogP contribution in [0.2, 0.25) is 0 Å². The van der Waals surface area contributed by atoms with Gasteiger partial charge in [-0.05, 0) is 42.4 Å². The van der Waals surface area contributed by atoms with E-state index in [1.165, 1.54) is 0 Å². The Morgan fingerprint density at radius 2 is 2.28 bits per heavy atom. The number of hydrogen-bond donors (Lipinski definition) is 1. The Balaban J connectivity index is 1.99. The Kier molecular flexibility index (Phi) is 2.70. The fourth-order valence-electron chi connectivity index (χ4n) is 2.36. The summed E-state index contributed by atoms with van der Waals surface area (Å²) in [5, 5.41) is 8.97. The standard InChI is InChI=1S/C13H12O4S/c14-12(15)6-9(7-1-2-7)8-3-4-11-10(5-8)17-13(16)18-11/h3-5,7,9H,1-2,6H2,(H,14,15). The molecule has 2 aromatic rings. The normalized spacial score (nSPS) is 16.9. The molecule has 0 saturated heterocycles. The van der Waals surface area contributed by atoms with E-state index >= 15 is 0 Å². The van der Waals surface area contributed by atoms with Gasteiger partial charge in [0.05, 0.1) is 11.1 Å². The molecule has 1 atom stereocenters. The van der Waals surface area contributed by atoms with Gasteiger partial charge in [0.25, 0.3) is 0 Å². The first-order valence-electron chi connectivity index (χ1n) is 5.89. The Morgan fingerprint density at radius 3 is 2.94 bits per heavy atom. The molecule has 1 aromatic carbocycles. The second kappa shape index (κ2) is 4.24. The van der Waals surface area contributed by atoms with Gasteiger partial charge in [0.15, 0.2) is 0 Å². The van der Waals surface area contributed by atoms with Gasteiger partial charge in [0, 0.05) is 0 Å². The maximum Gasteiger partial charge on any atom is 0.396 e. The molecule has 18 heavy (non-hydrogen) atoms. The summed E-state index contributed by atoms with van der Waals surface area (Å²) in [7, 11) is 0. The number of carbonyl (C=O) groups is 1. The van der Waals surface area contributed by atoms with Crippen LogP contribution in [0.4, 0.5) is 0 Å². The minimum atomic E-state index is -0.779. The Morgan fingerprint density at radius 1 is 1.50 bits per heavy atom. The molecule has 0 bridgehead atoms. The maximum atomic E-state index is 11.2. The van der Waals surface area contributed by atoms with Gasteiger partial charge in [0.2, 0.25) is 0 Å². The van der Waals surface area contributed by atoms with Crippen molar-refractivity contribution in [3.05, 3.63) is 33.5 Å². The minimum absolute atomic E-state index is 0.0390. The molecule has 1 aliphatic rings. The first-order valence-corrected chi connectivity index (χ1v) is 6.70. The third kappa shape index (κ3) is 2.18. The molecule has 1 N–H and O–H groups in total. The highest BCUT2D eigenvalue weighted by atomic mass is 32.1. The molecule has 0 radical (unpaired) electrons. The van der Waals surface area contributed by atoms with Crippen molar-refractivity contribution in [3.63, 3.8) is 0 Å². The number of carboxylic acid groups (broad SMARTS) is 1. The highest BCUT2D eigenvalue weighted by Gasteiger charge is 2.33. The van der Waals surface area contributed by atoms with Crippen molar-refractivity contribution >= 4 is 27.6 Å². The number of rotatable bonds is 4. The summed E-state index contributed by atoms with van der Waals surface area (Å²) >= 11 is 1.07. The largest absolute Gasteiger partial charge is 0.481 e. The van der Waals surface area contributed by atoms with Crippen LogP contribution in [0.1, 0.15) is 30.7 Å². The molecular formula is C13H12O4S. The van der Waals surface area contributed by atoms with Crippen LogP contribution in [0.15, 0.2) is 27.4 Å². The zero-order valence-electron chi connectivity index (χ0n) is 9.59. The number of carboxylic acids is 1. The van der Waals surface area contributed by atoms with Crippen LogP contribution in [-0.4, -0.2) is 11.1 Å². The average molecular weight is 264 g/mol. The Labute approximate surface area is 107 Å². The highest BCUT2D eigenvalue weighted by Crippen LogP contribution is 2.45. The quantitative estimate of drug-likeness (QED) is 0.922. The van der Waals surface area contributed by atoms with Gasteiger partial charge in [0.1, 0.15) is 5.58 Å². The summed E-state index contributed by atoms with van der Waals surface area (Å²) in [6.07, 6.45) is 2.32. The Bertz CT molecular complexity index is 650. The van der Waals surface area contributed by atoms with E-state index in [-0.39, 0.29) is 17.3 Å². The molecule has 1 aliphatic carbocycles. The maximum absolute atomic E-state index is 11.2. The van der Waals surface area contributed by atoms with Gasteiger partial charge < -0.3 is 9.52 Å². The van der Waals surface area contributed by atoms with Crippen LogP contribution >= 0.6 is 11.3 Å². The molecule has 1 heterocycles. The summed E-state index contributed by atoms with van der Waals surface area (Å²) in [6.45, 7) is 0. The first-order chi connectivity index (χ1) is 8.63. The molecule has 94 valence electrons. The van der Waals surface area contributed by atoms with E-state index in [9.17, 15) is 9.59 Å². The summed E-state index contributed by atoms with van der Waals surface area (Å²) < 4.78 is 5.89. The van der Waals surface area contributed by atoms with Crippen molar-refractivity contribution < 1.29 is 14.3 Å². The molecule has 0 aliphatic heterocycles. The van der Waals surface area contributed by atoms with Crippen molar-refractivity contribution in [2.45, 2.75) is 25.2 Å². The zero-order chi connectivity index (χ0) is 12.7. The van der Waals surface area contributed by atoms with E-state index in [1.54, 1.807) is 0 Å².